The van der Waals surface area contributed by atoms with Gasteiger partial charge in [0.1, 0.15) is 0 Å². The Kier molecular flexibility index (Phi) is 3.83. The van der Waals surface area contributed by atoms with Gasteiger partial charge in [-0.3, -0.25) is 0 Å². The standard InChI is InChI=1S/C8H16O3/c1-7(9)11-6-8-4-2-3-5-10-8/h7-9H,2-6H2,1H3/t7?,8-/m1/s1. The molecular weight excluding hydrogens is 144 g/mol. The Morgan fingerprint density at radius 2 is 2.45 bits per heavy atom. The van der Waals surface area contributed by atoms with Gasteiger partial charge in [-0.1, -0.05) is 0 Å². The van der Waals surface area contributed by atoms with E-state index in [1.165, 1.54) is 6.42 Å². The first-order chi connectivity index (χ1) is 5.29. The minimum Gasteiger partial charge on any atom is -0.376 e. The summed E-state index contributed by atoms with van der Waals surface area (Å²) >= 11 is 0. The summed E-state index contributed by atoms with van der Waals surface area (Å²) in [6.07, 6.45) is 2.98. The van der Waals surface area contributed by atoms with Gasteiger partial charge in [0, 0.05) is 6.61 Å². The molecule has 1 aliphatic rings. The van der Waals surface area contributed by atoms with Gasteiger partial charge in [-0.05, 0) is 26.2 Å². The second-order valence-corrected chi connectivity index (χ2v) is 2.92. The fraction of sp³-hybridized carbons (Fsp3) is 1.00. The predicted molar refractivity (Wildman–Crippen MR) is 41.2 cm³/mol. The van der Waals surface area contributed by atoms with Gasteiger partial charge in [0.15, 0.2) is 6.29 Å². The molecule has 0 saturated carbocycles. The zero-order valence-corrected chi connectivity index (χ0v) is 6.95. The van der Waals surface area contributed by atoms with Gasteiger partial charge in [-0.25, -0.2) is 0 Å². The van der Waals surface area contributed by atoms with Crippen LogP contribution in [0.3, 0.4) is 0 Å². The number of aliphatic hydroxyl groups excluding tert-OH is 1. The summed E-state index contributed by atoms with van der Waals surface area (Å²) in [6, 6.07) is 0. The van der Waals surface area contributed by atoms with Gasteiger partial charge < -0.3 is 14.6 Å². The van der Waals surface area contributed by atoms with Crippen molar-refractivity contribution >= 4 is 0 Å². The van der Waals surface area contributed by atoms with Crippen LogP contribution in [0.1, 0.15) is 26.2 Å². The van der Waals surface area contributed by atoms with Crippen LogP contribution in [0.25, 0.3) is 0 Å². The smallest absolute Gasteiger partial charge is 0.151 e. The second-order valence-electron chi connectivity index (χ2n) is 2.92. The molecule has 0 aromatic rings. The quantitative estimate of drug-likeness (QED) is 0.624. The summed E-state index contributed by atoms with van der Waals surface area (Å²) in [7, 11) is 0. The normalized spacial score (nSPS) is 28.4. The van der Waals surface area contributed by atoms with Crippen LogP contribution >= 0.6 is 0 Å². The largest absolute Gasteiger partial charge is 0.376 e. The molecule has 1 unspecified atom stereocenters. The maximum atomic E-state index is 8.81. The fourth-order valence-electron chi connectivity index (χ4n) is 1.19. The summed E-state index contributed by atoms with van der Waals surface area (Å²) in [4.78, 5) is 0. The highest BCUT2D eigenvalue weighted by atomic mass is 16.6. The zero-order chi connectivity index (χ0) is 8.10. The number of hydrogen-bond acceptors (Lipinski definition) is 3. The molecule has 0 aliphatic carbocycles. The minimum absolute atomic E-state index is 0.207. The van der Waals surface area contributed by atoms with Gasteiger partial charge in [-0.15, -0.1) is 0 Å². The van der Waals surface area contributed by atoms with E-state index in [4.69, 9.17) is 14.6 Å². The van der Waals surface area contributed by atoms with Crippen molar-refractivity contribution in [3.63, 3.8) is 0 Å². The van der Waals surface area contributed by atoms with Crippen molar-refractivity contribution in [2.24, 2.45) is 0 Å². The Morgan fingerprint density at radius 3 is 3.00 bits per heavy atom. The molecule has 1 saturated heterocycles. The van der Waals surface area contributed by atoms with Crippen LogP contribution in [0.2, 0.25) is 0 Å². The van der Waals surface area contributed by atoms with Crippen LogP contribution < -0.4 is 0 Å². The third kappa shape index (κ3) is 3.70. The van der Waals surface area contributed by atoms with E-state index >= 15 is 0 Å². The highest BCUT2D eigenvalue weighted by Gasteiger charge is 2.14. The molecule has 3 heteroatoms. The van der Waals surface area contributed by atoms with Crippen molar-refractivity contribution in [2.75, 3.05) is 13.2 Å². The molecule has 11 heavy (non-hydrogen) atoms. The van der Waals surface area contributed by atoms with E-state index in [2.05, 4.69) is 0 Å². The van der Waals surface area contributed by atoms with E-state index in [1.54, 1.807) is 6.92 Å². The third-order valence-corrected chi connectivity index (χ3v) is 1.80. The SMILES string of the molecule is CC(O)OC[C@H]1CCCCO1. The highest BCUT2D eigenvalue weighted by Crippen LogP contribution is 2.12. The maximum Gasteiger partial charge on any atom is 0.151 e. The average Bonchev–Trinajstić information content (AvgIpc) is 2.03. The molecule has 3 nitrogen and oxygen atoms in total. The Morgan fingerprint density at radius 1 is 1.64 bits per heavy atom. The summed E-state index contributed by atoms with van der Waals surface area (Å²) in [5, 5.41) is 8.81. The van der Waals surface area contributed by atoms with Gasteiger partial charge in [0.2, 0.25) is 0 Å². The number of hydrogen-bond donors (Lipinski definition) is 1. The molecule has 0 bridgehead atoms. The van der Waals surface area contributed by atoms with Crippen LogP contribution in [0.4, 0.5) is 0 Å². The second kappa shape index (κ2) is 4.70. The Balaban J connectivity index is 2.05. The lowest BCUT2D eigenvalue weighted by molar-refractivity contribution is -0.127. The lowest BCUT2D eigenvalue weighted by atomic mass is 10.1. The van der Waals surface area contributed by atoms with Crippen LogP contribution in [0.15, 0.2) is 0 Å². The van der Waals surface area contributed by atoms with E-state index in [-0.39, 0.29) is 6.10 Å². The van der Waals surface area contributed by atoms with Crippen LogP contribution in [0.5, 0.6) is 0 Å². The fourth-order valence-corrected chi connectivity index (χ4v) is 1.19. The Hall–Kier alpha value is -0.120. The first-order valence-corrected chi connectivity index (χ1v) is 4.20. The molecule has 0 radical (unpaired) electrons. The monoisotopic (exact) mass is 160 g/mol. The van der Waals surface area contributed by atoms with Crippen molar-refractivity contribution < 1.29 is 14.6 Å². The van der Waals surface area contributed by atoms with Crippen molar-refractivity contribution in [2.45, 2.75) is 38.6 Å². The van der Waals surface area contributed by atoms with Gasteiger partial charge in [-0.2, -0.15) is 0 Å². The van der Waals surface area contributed by atoms with Crippen LogP contribution in [0, 0.1) is 0 Å². The van der Waals surface area contributed by atoms with Crippen LogP contribution in [-0.4, -0.2) is 30.7 Å². The molecule has 0 aromatic heterocycles. The summed E-state index contributed by atoms with van der Waals surface area (Å²) in [5.41, 5.74) is 0. The molecule has 0 amide bonds. The number of ether oxygens (including phenoxy) is 2. The lowest BCUT2D eigenvalue weighted by Gasteiger charge is -2.22. The molecule has 2 atom stereocenters. The number of aliphatic hydroxyl groups is 1. The molecule has 1 N–H and O–H groups in total. The van der Waals surface area contributed by atoms with E-state index in [1.807, 2.05) is 0 Å². The molecule has 1 rings (SSSR count). The zero-order valence-electron chi connectivity index (χ0n) is 6.95. The first kappa shape index (κ1) is 8.97. The molecule has 0 aromatic carbocycles. The average molecular weight is 160 g/mol. The maximum absolute atomic E-state index is 8.81. The molecular formula is C8H16O3. The molecule has 1 fully saturated rings. The van der Waals surface area contributed by atoms with E-state index in [0.29, 0.717) is 6.61 Å². The van der Waals surface area contributed by atoms with E-state index in [9.17, 15) is 0 Å². The van der Waals surface area contributed by atoms with Gasteiger partial charge in [0.05, 0.1) is 12.7 Å². The van der Waals surface area contributed by atoms with E-state index < -0.39 is 6.29 Å². The molecule has 66 valence electrons. The number of rotatable bonds is 3. The van der Waals surface area contributed by atoms with Crippen LogP contribution in [-0.2, 0) is 9.47 Å². The molecule has 1 aliphatic heterocycles. The molecule has 1 heterocycles. The third-order valence-electron chi connectivity index (χ3n) is 1.80. The predicted octanol–water partition coefficient (Wildman–Crippen LogP) is 0.910. The molecule has 0 spiro atoms. The van der Waals surface area contributed by atoms with Gasteiger partial charge in [0.25, 0.3) is 0 Å². The topological polar surface area (TPSA) is 38.7 Å². The summed E-state index contributed by atoms with van der Waals surface area (Å²) in [6.45, 7) is 2.98. The Bertz CT molecular complexity index is 97.5. The first-order valence-electron chi connectivity index (χ1n) is 4.20. The summed E-state index contributed by atoms with van der Waals surface area (Å²) in [5.74, 6) is 0. The van der Waals surface area contributed by atoms with Crippen molar-refractivity contribution in [3.05, 3.63) is 0 Å². The summed E-state index contributed by atoms with van der Waals surface area (Å²) < 4.78 is 10.4. The minimum atomic E-state index is -0.666. The van der Waals surface area contributed by atoms with Gasteiger partial charge >= 0.3 is 0 Å². The van der Waals surface area contributed by atoms with Crippen molar-refractivity contribution in [1.29, 1.82) is 0 Å². The Labute approximate surface area is 67.3 Å². The van der Waals surface area contributed by atoms with Crippen molar-refractivity contribution in [3.8, 4) is 0 Å². The van der Waals surface area contributed by atoms with Crippen molar-refractivity contribution in [1.82, 2.24) is 0 Å². The van der Waals surface area contributed by atoms with E-state index in [0.717, 1.165) is 19.4 Å². The highest BCUT2D eigenvalue weighted by molar-refractivity contribution is 4.62. The lowest BCUT2D eigenvalue weighted by Crippen LogP contribution is -2.26.